The fourth-order valence-electron chi connectivity index (χ4n) is 5.32. The first-order valence-corrected chi connectivity index (χ1v) is 10.8. The number of methoxy groups -OCH3 is 2. The molecule has 1 aliphatic heterocycles. The molecule has 5 heteroatoms. The summed E-state index contributed by atoms with van der Waals surface area (Å²) in [5.74, 6) is 1.40. The molecule has 0 unspecified atom stereocenters. The van der Waals surface area contributed by atoms with E-state index in [0.717, 1.165) is 42.4 Å². The summed E-state index contributed by atoms with van der Waals surface area (Å²) >= 11 is 0. The molecule has 2 aromatic carbocycles. The lowest BCUT2D eigenvalue weighted by atomic mass is 9.66. The highest BCUT2D eigenvalue weighted by Crippen LogP contribution is 2.51. The van der Waals surface area contributed by atoms with E-state index in [1.54, 1.807) is 14.2 Å². The van der Waals surface area contributed by atoms with E-state index in [4.69, 9.17) is 9.47 Å². The smallest absolute Gasteiger partial charge is 0.254 e. The van der Waals surface area contributed by atoms with Crippen LogP contribution in [0.3, 0.4) is 0 Å². The number of benzene rings is 2. The van der Waals surface area contributed by atoms with E-state index >= 15 is 0 Å². The van der Waals surface area contributed by atoms with Gasteiger partial charge >= 0.3 is 0 Å². The van der Waals surface area contributed by atoms with Gasteiger partial charge in [-0.15, -0.1) is 0 Å². The van der Waals surface area contributed by atoms with E-state index in [1.165, 1.54) is 0 Å². The molecule has 2 fully saturated rings. The zero-order chi connectivity index (χ0) is 21.3. The number of nitrogens with zero attached hydrogens (tertiary/aromatic N) is 1. The van der Waals surface area contributed by atoms with Gasteiger partial charge in [-0.1, -0.05) is 31.0 Å². The van der Waals surface area contributed by atoms with Gasteiger partial charge in [-0.05, 0) is 49.9 Å². The normalized spacial score (nSPS) is 26.1. The minimum absolute atomic E-state index is 0.0172. The highest BCUT2D eigenvalue weighted by atomic mass is 16.5. The van der Waals surface area contributed by atoms with Gasteiger partial charge < -0.3 is 19.5 Å². The second-order valence-corrected chi connectivity index (χ2v) is 8.57. The summed E-state index contributed by atoms with van der Waals surface area (Å²) in [4.78, 5) is 15.6. The number of hydrogen-bond acceptors (Lipinski definition) is 4. The number of carbonyl (C=O) groups excluding carboxylic acids is 1. The average molecular weight is 410 g/mol. The molecule has 4 rings (SSSR count). The van der Waals surface area contributed by atoms with Crippen LogP contribution in [0.2, 0.25) is 0 Å². The van der Waals surface area contributed by atoms with Gasteiger partial charge in [0.15, 0.2) is 0 Å². The topological polar surface area (TPSA) is 59.0 Å². The largest absolute Gasteiger partial charge is 0.497 e. The predicted octanol–water partition coefficient (Wildman–Crippen LogP) is 4.52. The molecule has 1 amide bonds. The van der Waals surface area contributed by atoms with E-state index < -0.39 is 5.60 Å². The first-order chi connectivity index (χ1) is 14.5. The van der Waals surface area contributed by atoms with Crippen molar-refractivity contribution in [2.24, 2.45) is 5.92 Å². The molecule has 0 bridgehead atoms. The van der Waals surface area contributed by atoms with E-state index in [9.17, 15) is 9.90 Å². The third-order valence-corrected chi connectivity index (χ3v) is 6.96. The molecule has 0 aromatic heterocycles. The number of hydrogen-bond donors (Lipinski definition) is 1. The molecule has 1 aliphatic carbocycles. The Morgan fingerprint density at radius 2 is 1.90 bits per heavy atom. The van der Waals surface area contributed by atoms with Gasteiger partial charge in [-0.2, -0.15) is 0 Å². The molecule has 30 heavy (non-hydrogen) atoms. The maximum atomic E-state index is 13.7. The van der Waals surface area contributed by atoms with Crippen LogP contribution in [0, 0.1) is 12.8 Å². The lowest BCUT2D eigenvalue weighted by Crippen LogP contribution is -2.56. The number of fused-ring (bicyclic) bond motifs is 1. The van der Waals surface area contributed by atoms with Gasteiger partial charge in [-0.25, -0.2) is 0 Å². The fourth-order valence-corrected chi connectivity index (χ4v) is 5.32. The Bertz CT molecular complexity index is 927. The Balaban J connectivity index is 1.82. The van der Waals surface area contributed by atoms with Gasteiger partial charge in [0.2, 0.25) is 0 Å². The van der Waals surface area contributed by atoms with Crippen LogP contribution in [0.1, 0.15) is 59.6 Å². The number of carbonyl (C=O) groups is 1. The lowest BCUT2D eigenvalue weighted by molar-refractivity contribution is -0.115. The van der Waals surface area contributed by atoms with Crippen molar-refractivity contribution in [2.45, 2.75) is 50.7 Å². The summed E-state index contributed by atoms with van der Waals surface area (Å²) in [7, 11) is 3.27. The second kappa shape index (κ2) is 8.31. The van der Waals surface area contributed by atoms with Crippen molar-refractivity contribution in [3.05, 3.63) is 59.2 Å². The Labute approximate surface area is 178 Å². The quantitative estimate of drug-likeness (QED) is 0.807. The first kappa shape index (κ1) is 20.7. The molecule has 5 nitrogen and oxygen atoms in total. The third kappa shape index (κ3) is 3.56. The van der Waals surface area contributed by atoms with Crippen molar-refractivity contribution in [2.75, 3.05) is 20.8 Å². The van der Waals surface area contributed by atoms with E-state index in [0.29, 0.717) is 24.5 Å². The van der Waals surface area contributed by atoms with Crippen LogP contribution in [-0.2, 0) is 0 Å². The Morgan fingerprint density at radius 3 is 2.63 bits per heavy atom. The van der Waals surface area contributed by atoms with E-state index in [1.807, 2.05) is 54.3 Å². The van der Waals surface area contributed by atoms with Crippen molar-refractivity contribution < 1.29 is 19.4 Å². The molecule has 160 valence electrons. The second-order valence-electron chi connectivity index (χ2n) is 8.57. The molecule has 0 spiro atoms. The molecular formula is C25H31NO4. The SMILES string of the molecule is COc1ccc([C@@H]2[C@H]3CCCC[C@@]3(O)CCN2C(=O)c2ccccc2C)c(OC)c1. The van der Waals surface area contributed by atoms with Gasteiger partial charge in [0.05, 0.1) is 25.9 Å². The zero-order valence-corrected chi connectivity index (χ0v) is 18.1. The van der Waals surface area contributed by atoms with Gasteiger partial charge in [0.25, 0.3) is 5.91 Å². The number of ether oxygens (including phenoxy) is 2. The summed E-state index contributed by atoms with van der Waals surface area (Å²) < 4.78 is 11.1. The van der Waals surface area contributed by atoms with Crippen LogP contribution in [0.15, 0.2) is 42.5 Å². The molecule has 1 heterocycles. The average Bonchev–Trinajstić information content (AvgIpc) is 2.77. The van der Waals surface area contributed by atoms with Crippen molar-refractivity contribution in [3.63, 3.8) is 0 Å². The Kier molecular flexibility index (Phi) is 5.74. The number of piperidine rings is 1. The number of likely N-dealkylation sites (tertiary alicyclic amines) is 1. The fraction of sp³-hybridized carbons (Fsp3) is 0.480. The molecule has 1 saturated carbocycles. The molecule has 1 saturated heterocycles. The third-order valence-electron chi connectivity index (χ3n) is 6.96. The number of aryl methyl sites for hydroxylation is 1. The van der Waals surface area contributed by atoms with Crippen molar-refractivity contribution >= 4 is 5.91 Å². The maximum Gasteiger partial charge on any atom is 0.254 e. The van der Waals surface area contributed by atoms with E-state index in [-0.39, 0.29) is 17.9 Å². The molecule has 3 atom stereocenters. The van der Waals surface area contributed by atoms with E-state index in [2.05, 4.69) is 0 Å². The van der Waals surface area contributed by atoms with Crippen LogP contribution < -0.4 is 9.47 Å². The van der Waals surface area contributed by atoms with Crippen LogP contribution in [0.4, 0.5) is 0 Å². The van der Waals surface area contributed by atoms with Crippen LogP contribution in [-0.4, -0.2) is 42.3 Å². The van der Waals surface area contributed by atoms with Crippen molar-refractivity contribution in [3.8, 4) is 11.5 Å². The first-order valence-electron chi connectivity index (χ1n) is 10.8. The van der Waals surface area contributed by atoms with Crippen molar-refractivity contribution in [1.29, 1.82) is 0 Å². The predicted molar refractivity (Wildman–Crippen MR) is 116 cm³/mol. The van der Waals surface area contributed by atoms with Gasteiger partial charge in [-0.3, -0.25) is 4.79 Å². The summed E-state index contributed by atoms with van der Waals surface area (Å²) in [5, 5.41) is 11.5. The Hall–Kier alpha value is -2.53. The molecule has 0 radical (unpaired) electrons. The summed E-state index contributed by atoms with van der Waals surface area (Å²) in [5.41, 5.74) is 1.88. The standard InChI is InChI=1S/C25H31NO4/c1-17-8-4-5-9-19(17)24(27)26-15-14-25(28)13-7-6-10-21(25)23(26)20-12-11-18(29-2)16-22(20)30-3/h4-5,8-9,11-12,16,21,23,28H,6-7,10,13-15H2,1-3H3/t21-,23-,25-/m1/s1. The van der Waals surface area contributed by atoms with Crippen LogP contribution in [0.25, 0.3) is 0 Å². The van der Waals surface area contributed by atoms with Gasteiger partial charge in [0, 0.05) is 29.7 Å². The number of aliphatic hydroxyl groups is 1. The maximum absolute atomic E-state index is 13.7. The molecule has 1 N–H and O–H groups in total. The Morgan fingerprint density at radius 1 is 1.10 bits per heavy atom. The molecule has 2 aromatic rings. The summed E-state index contributed by atoms with van der Waals surface area (Å²) in [6, 6.07) is 13.2. The zero-order valence-electron chi connectivity index (χ0n) is 18.1. The number of amides is 1. The minimum Gasteiger partial charge on any atom is -0.497 e. The highest BCUT2D eigenvalue weighted by molar-refractivity contribution is 5.96. The monoisotopic (exact) mass is 409 g/mol. The summed E-state index contributed by atoms with van der Waals surface area (Å²) in [6.07, 6.45) is 4.40. The number of rotatable bonds is 4. The minimum atomic E-state index is -0.740. The van der Waals surface area contributed by atoms with Gasteiger partial charge in [0.1, 0.15) is 11.5 Å². The molecular weight excluding hydrogens is 378 g/mol. The molecule has 2 aliphatic rings. The van der Waals surface area contributed by atoms with Crippen LogP contribution >= 0.6 is 0 Å². The highest BCUT2D eigenvalue weighted by Gasteiger charge is 2.51. The lowest BCUT2D eigenvalue weighted by Gasteiger charge is -2.52. The summed E-state index contributed by atoms with van der Waals surface area (Å²) in [6.45, 7) is 2.50. The van der Waals surface area contributed by atoms with Crippen molar-refractivity contribution in [1.82, 2.24) is 4.90 Å². The van der Waals surface area contributed by atoms with Crippen LogP contribution in [0.5, 0.6) is 11.5 Å².